The summed E-state index contributed by atoms with van der Waals surface area (Å²) >= 11 is 5.82. The highest BCUT2D eigenvalue weighted by atomic mass is 35.5. The number of benzene rings is 1. The van der Waals surface area contributed by atoms with E-state index in [0.717, 1.165) is 0 Å². The molecule has 18 heavy (non-hydrogen) atoms. The van der Waals surface area contributed by atoms with Crippen LogP contribution in [0.4, 0.5) is 5.69 Å². The van der Waals surface area contributed by atoms with Gasteiger partial charge in [0.2, 0.25) is 0 Å². The number of carbonyl (C=O) groups is 1. The van der Waals surface area contributed by atoms with Crippen LogP contribution in [0.1, 0.15) is 24.2 Å². The molecule has 1 rings (SSSR count). The Kier molecular flexibility index (Phi) is 5.95. The van der Waals surface area contributed by atoms with Gasteiger partial charge >= 0.3 is 5.97 Å². The lowest BCUT2D eigenvalue weighted by Gasteiger charge is -2.09. The van der Waals surface area contributed by atoms with Crippen molar-refractivity contribution in [3.8, 4) is 0 Å². The molecule has 2 N–H and O–H groups in total. The van der Waals surface area contributed by atoms with Crippen LogP contribution in [0.5, 0.6) is 0 Å². The van der Waals surface area contributed by atoms with E-state index in [1.54, 1.807) is 18.2 Å². The summed E-state index contributed by atoms with van der Waals surface area (Å²) in [6.07, 6.45) is 0. The summed E-state index contributed by atoms with van der Waals surface area (Å²) in [5, 5.41) is 0.348. The molecule has 0 aromatic heterocycles. The minimum absolute atomic E-state index is 0.206. The van der Waals surface area contributed by atoms with Gasteiger partial charge in [0.05, 0.1) is 22.9 Å². The van der Waals surface area contributed by atoms with Gasteiger partial charge in [-0.2, -0.15) is 0 Å². The van der Waals surface area contributed by atoms with Crippen molar-refractivity contribution < 1.29 is 14.3 Å². The van der Waals surface area contributed by atoms with Crippen molar-refractivity contribution in [2.45, 2.75) is 13.8 Å². The molecular weight excluding hydrogens is 254 g/mol. The van der Waals surface area contributed by atoms with Crippen LogP contribution in [0.2, 0.25) is 5.02 Å². The van der Waals surface area contributed by atoms with E-state index in [-0.39, 0.29) is 17.9 Å². The van der Waals surface area contributed by atoms with E-state index in [0.29, 0.717) is 24.2 Å². The summed E-state index contributed by atoms with van der Waals surface area (Å²) in [6.45, 7) is 5.34. The number of esters is 1. The van der Waals surface area contributed by atoms with E-state index < -0.39 is 5.97 Å². The second-order valence-electron chi connectivity index (χ2n) is 4.31. The average molecular weight is 272 g/mol. The van der Waals surface area contributed by atoms with Gasteiger partial charge in [0.25, 0.3) is 0 Å². The monoisotopic (exact) mass is 271 g/mol. The molecule has 0 aliphatic carbocycles. The van der Waals surface area contributed by atoms with Crippen LogP contribution in [-0.4, -0.2) is 25.8 Å². The van der Waals surface area contributed by atoms with Gasteiger partial charge < -0.3 is 15.2 Å². The Bertz CT molecular complexity index is 407. The van der Waals surface area contributed by atoms with Crippen LogP contribution in [0.15, 0.2) is 18.2 Å². The Labute approximate surface area is 112 Å². The summed E-state index contributed by atoms with van der Waals surface area (Å²) in [5.41, 5.74) is 6.22. The molecule has 100 valence electrons. The Morgan fingerprint density at radius 3 is 2.78 bits per heavy atom. The van der Waals surface area contributed by atoms with E-state index in [2.05, 4.69) is 13.8 Å². The minimum atomic E-state index is -0.483. The van der Waals surface area contributed by atoms with Gasteiger partial charge in [-0.15, -0.1) is 0 Å². The normalized spacial score (nSPS) is 10.7. The zero-order chi connectivity index (χ0) is 13.5. The predicted molar refractivity (Wildman–Crippen MR) is 71.8 cm³/mol. The first-order chi connectivity index (χ1) is 8.52. The van der Waals surface area contributed by atoms with Gasteiger partial charge in [0, 0.05) is 6.61 Å². The Morgan fingerprint density at radius 2 is 2.11 bits per heavy atom. The van der Waals surface area contributed by atoms with Gasteiger partial charge in [-0.1, -0.05) is 31.5 Å². The summed E-state index contributed by atoms with van der Waals surface area (Å²) in [5.74, 6) is -0.0209. The second kappa shape index (κ2) is 7.24. The molecular formula is C13H18ClNO3. The van der Waals surface area contributed by atoms with Crippen molar-refractivity contribution in [2.75, 3.05) is 25.6 Å². The summed E-state index contributed by atoms with van der Waals surface area (Å²) < 4.78 is 10.3. The number of hydrogen-bond donors (Lipinski definition) is 1. The summed E-state index contributed by atoms with van der Waals surface area (Å²) in [4.78, 5) is 11.7. The average Bonchev–Trinajstić information content (AvgIpc) is 2.31. The van der Waals surface area contributed by atoms with Crippen molar-refractivity contribution in [2.24, 2.45) is 5.92 Å². The third-order valence-electron chi connectivity index (χ3n) is 2.18. The molecule has 5 heteroatoms. The van der Waals surface area contributed by atoms with Gasteiger partial charge in [0.1, 0.15) is 6.61 Å². The van der Waals surface area contributed by atoms with Gasteiger partial charge in [-0.05, 0) is 18.1 Å². The maximum absolute atomic E-state index is 11.7. The molecule has 0 amide bonds. The molecule has 0 fully saturated rings. The minimum Gasteiger partial charge on any atom is -0.460 e. The molecule has 0 radical (unpaired) electrons. The Balaban J connectivity index is 2.39. The number of rotatable bonds is 6. The van der Waals surface area contributed by atoms with Crippen LogP contribution in [0.25, 0.3) is 0 Å². The molecule has 1 aromatic carbocycles. The van der Waals surface area contributed by atoms with Gasteiger partial charge in [-0.25, -0.2) is 4.79 Å². The summed E-state index contributed by atoms with van der Waals surface area (Å²) in [7, 11) is 0. The number of anilines is 1. The first kappa shape index (κ1) is 14.8. The predicted octanol–water partition coefficient (Wildman–Crippen LogP) is 2.75. The number of carbonyl (C=O) groups excluding carboxylic acids is 1. The molecule has 4 nitrogen and oxygen atoms in total. The maximum Gasteiger partial charge on any atom is 0.340 e. The van der Waals surface area contributed by atoms with E-state index in [1.807, 2.05) is 0 Å². The van der Waals surface area contributed by atoms with E-state index in [1.165, 1.54) is 0 Å². The fraction of sp³-hybridized carbons (Fsp3) is 0.462. The first-order valence-electron chi connectivity index (χ1n) is 5.81. The van der Waals surface area contributed by atoms with Crippen molar-refractivity contribution in [1.82, 2.24) is 0 Å². The summed E-state index contributed by atoms with van der Waals surface area (Å²) in [6, 6.07) is 4.86. The van der Waals surface area contributed by atoms with Crippen LogP contribution in [-0.2, 0) is 9.47 Å². The molecule has 0 unspecified atom stereocenters. The highest BCUT2D eigenvalue weighted by Gasteiger charge is 2.12. The lowest BCUT2D eigenvalue weighted by atomic mass is 10.2. The number of halogens is 1. The molecule has 1 aromatic rings. The number of nitrogens with two attached hydrogens (primary N) is 1. The quantitative estimate of drug-likeness (QED) is 0.491. The SMILES string of the molecule is CC(C)COCCOC(=O)c1cccc(Cl)c1N. The molecule has 0 aliphatic rings. The van der Waals surface area contributed by atoms with Gasteiger partial charge in [0.15, 0.2) is 0 Å². The molecule has 0 aliphatic heterocycles. The topological polar surface area (TPSA) is 61.5 Å². The van der Waals surface area contributed by atoms with Crippen LogP contribution >= 0.6 is 11.6 Å². The third-order valence-corrected chi connectivity index (χ3v) is 2.51. The molecule has 0 saturated heterocycles. The number of ether oxygens (including phenoxy) is 2. The zero-order valence-corrected chi connectivity index (χ0v) is 11.4. The highest BCUT2D eigenvalue weighted by Crippen LogP contribution is 2.22. The lowest BCUT2D eigenvalue weighted by Crippen LogP contribution is -2.14. The van der Waals surface area contributed by atoms with Crippen molar-refractivity contribution >= 4 is 23.3 Å². The largest absolute Gasteiger partial charge is 0.460 e. The van der Waals surface area contributed by atoms with E-state index in [9.17, 15) is 4.79 Å². The van der Waals surface area contributed by atoms with Crippen LogP contribution < -0.4 is 5.73 Å². The van der Waals surface area contributed by atoms with Crippen LogP contribution in [0, 0.1) is 5.92 Å². The highest BCUT2D eigenvalue weighted by molar-refractivity contribution is 6.33. The van der Waals surface area contributed by atoms with Crippen molar-refractivity contribution in [3.05, 3.63) is 28.8 Å². The fourth-order valence-electron chi connectivity index (χ4n) is 1.31. The fourth-order valence-corrected chi connectivity index (χ4v) is 1.48. The number of para-hydroxylation sites is 1. The van der Waals surface area contributed by atoms with Crippen molar-refractivity contribution in [3.63, 3.8) is 0 Å². The van der Waals surface area contributed by atoms with Crippen molar-refractivity contribution in [1.29, 1.82) is 0 Å². The first-order valence-corrected chi connectivity index (χ1v) is 6.19. The van der Waals surface area contributed by atoms with Gasteiger partial charge in [-0.3, -0.25) is 0 Å². The number of hydrogen-bond acceptors (Lipinski definition) is 4. The van der Waals surface area contributed by atoms with E-state index >= 15 is 0 Å². The number of nitrogen functional groups attached to an aromatic ring is 1. The zero-order valence-electron chi connectivity index (χ0n) is 10.6. The Morgan fingerprint density at radius 1 is 1.39 bits per heavy atom. The lowest BCUT2D eigenvalue weighted by molar-refractivity contribution is 0.0278. The molecule has 0 saturated carbocycles. The molecule has 0 spiro atoms. The molecule has 0 heterocycles. The Hall–Kier alpha value is -1.26. The molecule has 0 atom stereocenters. The second-order valence-corrected chi connectivity index (χ2v) is 4.71. The molecule has 0 bridgehead atoms. The van der Waals surface area contributed by atoms with E-state index in [4.69, 9.17) is 26.8 Å². The third kappa shape index (κ3) is 4.55. The maximum atomic E-state index is 11.7. The smallest absolute Gasteiger partial charge is 0.340 e. The van der Waals surface area contributed by atoms with Crippen LogP contribution in [0.3, 0.4) is 0 Å². The standard InChI is InChI=1S/C13H18ClNO3/c1-9(2)8-17-6-7-18-13(16)10-4-3-5-11(14)12(10)15/h3-5,9H,6-8,15H2,1-2H3.